The second kappa shape index (κ2) is 6.00. The van der Waals surface area contributed by atoms with Crippen molar-refractivity contribution in [1.82, 2.24) is 0 Å². The lowest BCUT2D eigenvalue weighted by Gasteiger charge is -2.33. The number of rotatable bonds is 4. The second-order valence-electron chi connectivity index (χ2n) is 4.86. The van der Waals surface area contributed by atoms with Crippen molar-refractivity contribution in [3.8, 4) is 0 Å². The van der Waals surface area contributed by atoms with E-state index in [2.05, 4.69) is 0 Å². The van der Waals surface area contributed by atoms with Gasteiger partial charge in [0.1, 0.15) is 5.69 Å². The summed E-state index contributed by atoms with van der Waals surface area (Å²) in [6, 6.07) is 4.65. The topological polar surface area (TPSA) is 72.7 Å². The molecule has 0 amide bonds. The van der Waals surface area contributed by atoms with Crippen molar-refractivity contribution in [1.29, 1.82) is 0 Å². The quantitative estimate of drug-likeness (QED) is 0.480. The van der Waals surface area contributed by atoms with E-state index in [0.717, 1.165) is 6.42 Å². The van der Waals surface area contributed by atoms with Crippen molar-refractivity contribution in [3.05, 3.63) is 33.9 Å². The van der Waals surface area contributed by atoms with Crippen LogP contribution in [0.2, 0.25) is 0 Å². The van der Waals surface area contributed by atoms with Crippen LogP contribution in [0.15, 0.2) is 18.2 Å². The number of nitro benzene ring substituents is 1. The van der Waals surface area contributed by atoms with Crippen LogP contribution >= 0.6 is 0 Å². The fourth-order valence-corrected chi connectivity index (χ4v) is 2.34. The molecule has 1 aromatic carbocycles. The van der Waals surface area contributed by atoms with E-state index in [1.165, 1.54) is 13.0 Å². The first-order valence-corrected chi connectivity index (χ1v) is 6.68. The van der Waals surface area contributed by atoms with Crippen LogP contribution in [0.3, 0.4) is 0 Å². The summed E-state index contributed by atoms with van der Waals surface area (Å²) in [5, 5.41) is 11.2. The zero-order valence-corrected chi connectivity index (χ0v) is 11.7. The molecule has 0 bridgehead atoms. The molecular formula is C14H18N2O4. The van der Waals surface area contributed by atoms with Gasteiger partial charge in [0.25, 0.3) is 5.69 Å². The molecule has 1 atom stereocenters. The molecule has 0 spiro atoms. The minimum atomic E-state index is -0.432. The largest absolute Gasteiger partial charge is 0.375 e. The van der Waals surface area contributed by atoms with Crippen molar-refractivity contribution < 1.29 is 14.5 Å². The standard InChI is InChI=1S/C14H18N2O4/c1-3-12-9-15(6-7-20-12)13-5-4-11(10(2)17)8-14(13)16(18)19/h4-5,8,12H,3,6-7,9H2,1-2H3/t12-/m1/s1. The van der Waals surface area contributed by atoms with Crippen LogP contribution in [0.25, 0.3) is 0 Å². The number of nitrogens with zero attached hydrogens (tertiary/aromatic N) is 2. The van der Waals surface area contributed by atoms with Gasteiger partial charge in [-0.3, -0.25) is 14.9 Å². The Morgan fingerprint density at radius 2 is 2.30 bits per heavy atom. The van der Waals surface area contributed by atoms with E-state index < -0.39 is 4.92 Å². The lowest BCUT2D eigenvalue weighted by molar-refractivity contribution is -0.384. The minimum absolute atomic E-state index is 0.0190. The van der Waals surface area contributed by atoms with E-state index in [4.69, 9.17) is 4.74 Å². The summed E-state index contributed by atoms with van der Waals surface area (Å²) in [5.41, 5.74) is 0.900. The van der Waals surface area contributed by atoms with Gasteiger partial charge in [0.2, 0.25) is 0 Å². The van der Waals surface area contributed by atoms with Gasteiger partial charge >= 0.3 is 0 Å². The van der Waals surface area contributed by atoms with Gasteiger partial charge in [-0.2, -0.15) is 0 Å². The van der Waals surface area contributed by atoms with Crippen molar-refractivity contribution in [2.75, 3.05) is 24.6 Å². The van der Waals surface area contributed by atoms with Crippen LogP contribution in [0.5, 0.6) is 0 Å². The predicted molar refractivity (Wildman–Crippen MR) is 75.3 cm³/mol. The molecule has 0 saturated carbocycles. The molecule has 1 aliphatic rings. The lowest BCUT2D eigenvalue weighted by Crippen LogP contribution is -2.42. The minimum Gasteiger partial charge on any atom is -0.375 e. The first-order chi connectivity index (χ1) is 9.52. The van der Waals surface area contributed by atoms with Crippen LogP contribution in [-0.4, -0.2) is 36.5 Å². The van der Waals surface area contributed by atoms with Crippen LogP contribution in [0.1, 0.15) is 30.6 Å². The second-order valence-corrected chi connectivity index (χ2v) is 4.86. The summed E-state index contributed by atoms with van der Waals surface area (Å²) >= 11 is 0. The van der Waals surface area contributed by atoms with Crippen molar-refractivity contribution in [3.63, 3.8) is 0 Å². The van der Waals surface area contributed by atoms with Crippen molar-refractivity contribution >= 4 is 17.2 Å². The number of hydrogen-bond acceptors (Lipinski definition) is 5. The first-order valence-electron chi connectivity index (χ1n) is 6.68. The molecular weight excluding hydrogens is 260 g/mol. The van der Waals surface area contributed by atoms with E-state index in [9.17, 15) is 14.9 Å². The zero-order valence-electron chi connectivity index (χ0n) is 11.7. The number of hydrogen-bond donors (Lipinski definition) is 0. The van der Waals surface area contributed by atoms with Gasteiger partial charge in [-0.15, -0.1) is 0 Å². The summed E-state index contributed by atoms with van der Waals surface area (Å²) in [6.45, 7) is 5.25. The highest BCUT2D eigenvalue weighted by molar-refractivity contribution is 5.95. The van der Waals surface area contributed by atoms with E-state index >= 15 is 0 Å². The zero-order chi connectivity index (χ0) is 14.7. The van der Waals surface area contributed by atoms with Crippen LogP contribution < -0.4 is 4.90 Å². The molecule has 1 saturated heterocycles. The Morgan fingerprint density at radius 3 is 2.90 bits per heavy atom. The maximum atomic E-state index is 11.3. The van der Waals surface area contributed by atoms with Gasteiger partial charge in [0.15, 0.2) is 5.78 Å². The van der Waals surface area contributed by atoms with Crippen molar-refractivity contribution in [2.24, 2.45) is 0 Å². The van der Waals surface area contributed by atoms with Crippen LogP contribution in [0.4, 0.5) is 11.4 Å². The molecule has 1 fully saturated rings. The average Bonchev–Trinajstić information content (AvgIpc) is 2.46. The number of carbonyl (C=O) groups is 1. The summed E-state index contributed by atoms with van der Waals surface area (Å²) in [7, 11) is 0. The molecule has 1 aliphatic heterocycles. The third kappa shape index (κ3) is 2.96. The predicted octanol–water partition coefficient (Wildman–Crippen LogP) is 2.41. The molecule has 0 aliphatic carbocycles. The number of morpholine rings is 1. The number of Topliss-reactive ketones (excluding diaryl/α,β-unsaturated/α-hetero) is 1. The number of anilines is 1. The maximum Gasteiger partial charge on any atom is 0.293 e. The molecule has 0 radical (unpaired) electrons. The molecule has 0 unspecified atom stereocenters. The first kappa shape index (κ1) is 14.5. The number of carbonyl (C=O) groups excluding carboxylic acids is 1. The number of nitro groups is 1. The Kier molecular flexibility index (Phi) is 4.34. The summed E-state index contributed by atoms with van der Waals surface area (Å²) in [4.78, 5) is 24.1. The van der Waals surface area contributed by atoms with Gasteiger partial charge < -0.3 is 9.64 Å². The molecule has 6 heteroatoms. The Bertz CT molecular complexity index is 530. The van der Waals surface area contributed by atoms with Gasteiger partial charge in [-0.1, -0.05) is 6.92 Å². The molecule has 1 heterocycles. The lowest BCUT2D eigenvalue weighted by atomic mass is 10.1. The van der Waals surface area contributed by atoms with Crippen LogP contribution in [0, 0.1) is 10.1 Å². The SMILES string of the molecule is CC[C@@H]1CN(c2ccc(C(C)=O)cc2[N+](=O)[O-])CCO1. The maximum absolute atomic E-state index is 11.3. The summed E-state index contributed by atoms with van der Waals surface area (Å²) in [6.07, 6.45) is 0.964. The Labute approximate surface area is 117 Å². The molecule has 0 N–H and O–H groups in total. The highest BCUT2D eigenvalue weighted by Gasteiger charge is 2.25. The summed E-state index contributed by atoms with van der Waals surface area (Å²) < 4.78 is 5.58. The third-order valence-corrected chi connectivity index (χ3v) is 3.51. The van der Waals surface area contributed by atoms with Gasteiger partial charge in [0.05, 0.1) is 17.6 Å². The van der Waals surface area contributed by atoms with E-state index in [0.29, 0.717) is 30.9 Å². The number of ether oxygens (including phenoxy) is 1. The van der Waals surface area contributed by atoms with Crippen molar-refractivity contribution in [2.45, 2.75) is 26.4 Å². The average molecular weight is 278 g/mol. The Morgan fingerprint density at radius 1 is 1.55 bits per heavy atom. The van der Waals surface area contributed by atoms with Gasteiger partial charge in [0, 0.05) is 24.7 Å². The Balaban J connectivity index is 2.35. The molecule has 1 aromatic rings. The van der Waals surface area contributed by atoms with E-state index in [1.807, 2.05) is 11.8 Å². The molecule has 20 heavy (non-hydrogen) atoms. The monoisotopic (exact) mass is 278 g/mol. The van der Waals surface area contributed by atoms with Gasteiger partial charge in [-0.25, -0.2) is 0 Å². The summed E-state index contributed by atoms with van der Waals surface area (Å²) in [5.74, 6) is -0.173. The van der Waals surface area contributed by atoms with Crippen LogP contribution in [-0.2, 0) is 4.74 Å². The number of ketones is 1. The highest BCUT2D eigenvalue weighted by atomic mass is 16.6. The molecule has 6 nitrogen and oxygen atoms in total. The third-order valence-electron chi connectivity index (χ3n) is 3.51. The fraction of sp³-hybridized carbons (Fsp3) is 0.500. The number of benzene rings is 1. The van der Waals surface area contributed by atoms with E-state index in [1.54, 1.807) is 12.1 Å². The Hall–Kier alpha value is -1.95. The smallest absolute Gasteiger partial charge is 0.293 e. The molecule has 0 aromatic heterocycles. The molecule has 108 valence electrons. The van der Waals surface area contributed by atoms with Gasteiger partial charge in [-0.05, 0) is 25.5 Å². The fourth-order valence-electron chi connectivity index (χ4n) is 2.34. The van der Waals surface area contributed by atoms with E-state index in [-0.39, 0.29) is 17.6 Å². The molecule has 2 rings (SSSR count). The normalized spacial score (nSPS) is 18.9. The highest BCUT2D eigenvalue weighted by Crippen LogP contribution is 2.31.